The first-order chi connectivity index (χ1) is 17.3. The van der Waals surface area contributed by atoms with Crippen LogP contribution in [0.4, 0.5) is 5.69 Å². The van der Waals surface area contributed by atoms with Crippen molar-refractivity contribution in [2.45, 2.75) is 44.8 Å². The number of pyridine rings is 1. The Kier molecular flexibility index (Phi) is 7.27. The third-order valence-electron chi connectivity index (χ3n) is 7.83. The maximum Gasteiger partial charge on any atom is 0.170 e. The van der Waals surface area contributed by atoms with E-state index in [9.17, 15) is 0 Å². The zero-order valence-electron chi connectivity index (χ0n) is 21.6. The topological polar surface area (TPSA) is 43.9 Å². The monoisotopic (exact) mass is 525 g/mol. The van der Waals surface area contributed by atoms with Crippen molar-refractivity contribution in [3.05, 3.63) is 64.4 Å². The zero-order valence-corrected chi connectivity index (χ0v) is 23.2. The van der Waals surface area contributed by atoms with Gasteiger partial charge in [0.05, 0.1) is 36.5 Å². The maximum absolute atomic E-state index is 7.08. The van der Waals surface area contributed by atoms with Gasteiger partial charge in [0.15, 0.2) is 5.11 Å². The van der Waals surface area contributed by atoms with E-state index >= 15 is 0 Å². The van der Waals surface area contributed by atoms with Crippen LogP contribution in [-0.4, -0.2) is 71.9 Å². The van der Waals surface area contributed by atoms with Crippen LogP contribution in [0.3, 0.4) is 0 Å². The fourth-order valence-corrected chi connectivity index (χ4v) is 6.29. The quantitative estimate of drug-likeness (QED) is 0.529. The molecule has 1 N–H and O–H groups in total. The maximum atomic E-state index is 7.08. The van der Waals surface area contributed by atoms with Gasteiger partial charge in [-0.3, -0.25) is 9.88 Å². The van der Waals surface area contributed by atoms with Crippen molar-refractivity contribution in [3.8, 4) is 0 Å². The molecule has 8 heteroatoms. The number of aromatic nitrogens is 1. The summed E-state index contributed by atoms with van der Waals surface area (Å²) in [6, 6.07) is 10.3. The van der Waals surface area contributed by atoms with E-state index in [1.54, 1.807) is 0 Å². The van der Waals surface area contributed by atoms with Gasteiger partial charge in [0.25, 0.3) is 0 Å². The van der Waals surface area contributed by atoms with E-state index in [1.165, 1.54) is 11.1 Å². The lowest BCUT2D eigenvalue weighted by Crippen LogP contribution is -2.42. The van der Waals surface area contributed by atoms with Crippen LogP contribution >= 0.6 is 23.8 Å². The number of morpholine rings is 1. The summed E-state index contributed by atoms with van der Waals surface area (Å²) in [4.78, 5) is 11.8. The van der Waals surface area contributed by atoms with Gasteiger partial charge in [-0.1, -0.05) is 23.7 Å². The second-order valence-corrected chi connectivity index (χ2v) is 11.4. The molecule has 2 atom stereocenters. The third kappa shape index (κ3) is 4.86. The third-order valence-corrected chi connectivity index (χ3v) is 8.51. The van der Waals surface area contributed by atoms with Crippen LogP contribution in [0.1, 0.15) is 56.1 Å². The molecule has 0 saturated carbocycles. The molecule has 1 aromatic carbocycles. The highest BCUT2D eigenvalue weighted by atomic mass is 35.5. The normalized spacial score (nSPS) is 23.9. The molecule has 6 nitrogen and oxygen atoms in total. The average molecular weight is 526 g/mol. The number of benzene rings is 1. The minimum atomic E-state index is -0.0697. The second-order valence-electron chi connectivity index (χ2n) is 10.6. The van der Waals surface area contributed by atoms with Gasteiger partial charge in [0.2, 0.25) is 0 Å². The van der Waals surface area contributed by atoms with Crippen molar-refractivity contribution in [1.29, 1.82) is 0 Å². The van der Waals surface area contributed by atoms with Gasteiger partial charge in [-0.25, -0.2) is 0 Å². The van der Waals surface area contributed by atoms with Crippen LogP contribution in [0.15, 0.2) is 42.6 Å². The molecule has 1 aromatic heterocycles. The molecule has 0 spiro atoms. The summed E-state index contributed by atoms with van der Waals surface area (Å²) in [7, 11) is 2.14. The predicted octanol–water partition coefficient (Wildman–Crippen LogP) is 5.06. The van der Waals surface area contributed by atoms with Crippen LogP contribution in [0.25, 0.3) is 5.57 Å². The summed E-state index contributed by atoms with van der Waals surface area (Å²) < 4.78 is 5.51. The van der Waals surface area contributed by atoms with Gasteiger partial charge in [-0.05, 0) is 74.8 Å². The van der Waals surface area contributed by atoms with E-state index < -0.39 is 0 Å². The molecule has 0 aliphatic carbocycles. The van der Waals surface area contributed by atoms with Crippen molar-refractivity contribution in [1.82, 2.24) is 20.1 Å². The standard InChI is InChI=1S/C28H36ClN5OS/c1-19-18-28(2,3)32(4)24-17-22(29)21(16-20(19)24)26-25(23-8-5-6-9-30-23)31-27(36)34(26)11-7-10-33-12-14-35-15-13-33/h5-6,8-9,16-18,25-26H,7,10-15H2,1-4H3,(H,31,36)/t25-,26-/m1/s1. The number of allylic oxidation sites excluding steroid dienone is 1. The number of likely N-dealkylation sites (N-methyl/N-ethyl adjacent to an activating group) is 1. The van der Waals surface area contributed by atoms with Crippen LogP contribution in [0.5, 0.6) is 0 Å². The number of rotatable bonds is 6. The SMILES string of the molecule is CC1=CC(C)(C)N(C)c2cc(Cl)c([C@@H]3[C@@H](c4ccccn4)NC(=S)N3CCCN3CCOCC3)cc21. The number of fused-ring (bicyclic) bond motifs is 1. The van der Waals surface area contributed by atoms with E-state index in [2.05, 4.69) is 77.1 Å². The number of hydrogen-bond acceptors (Lipinski definition) is 5. The van der Waals surface area contributed by atoms with Crippen molar-refractivity contribution in [2.75, 3.05) is 51.3 Å². The van der Waals surface area contributed by atoms with Crippen LogP contribution in [0, 0.1) is 0 Å². The summed E-state index contributed by atoms with van der Waals surface area (Å²) in [5, 5.41) is 5.10. The van der Waals surface area contributed by atoms with E-state index in [0.717, 1.165) is 72.9 Å². The van der Waals surface area contributed by atoms with E-state index in [-0.39, 0.29) is 17.6 Å². The number of halogens is 1. The fourth-order valence-electron chi connectivity index (χ4n) is 5.69. The molecule has 3 aliphatic rings. The highest BCUT2D eigenvalue weighted by Gasteiger charge is 2.41. The highest BCUT2D eigenvalue weighted by Crippen LogP contribution is 2.46. The molecular weight excluding hydrogens is 490 g/mol. The Morgan fingerprint density at radius 2 is 1.97 bits per heavy atom. The van der Waals surface area contributed by atoms with Gasteiger partial charge < -0.3 is 19.9 Å². The van der Waals surface area contributed by atoms with E-state index in [4.69, 9.17) is 28.6 Å². The fraction of sp³-hybridized carbons (Fsp3) is 0.500. The Bertz CT molecular complexity index is 1150. The van der Waals surface area contributed by atoms with Gasteiger partial charge in [-0.2, -0.15) is 0 Å². The molecule has 36 heavy (non-hydrogen) atoms. The number of hydrogen-bond donors (Lipinski definition) is 1. The van der Waals surface area contributed by atoms with E-state index in [0.29, 0.717) is 0 Å². The van der Waals surface area contributed by atoms with Crippen molar-refractivity contribution in [3.63, 3.8) is 0 Å². The van der Waals surface area contributed by atoms with Gasteiger partial charge in [0, 0.05) is 55.7 Å². The average Bonchev–Trinajstić information content (AvgIpc) is 3.19. The molecule has 2 saturated heterocycles. The van der Waals surface area contributed by atoms with Gasteiger partial charge in [-0.15, -0.1) is 0 Å². The Morgan fingerprint density at radius 3 is 2.69 bits per heavy atom. The summed E-state index contributed by atoms with van der Waals surface area (Å²) in [5.74, 6) is 0. The van der Waals surface area contributed by atoms with Crippen LogP contribution in [-0.2, 0) is 4.74 Å². The summed E-state index contributed by atoms with van der Waals surface area (Å²) in [5.41, 5.74) is 5.65. The first-order valence-corrected chi connectivity index (χ1v) is 13.6. The lowest BCUT2D eigenvalue weighted by molar-refractivity contribution is 0.0365. The first kappa shape index (κ1) is 25.5. The molecule has 192 valence electrons. The van der Waals surface area contributed by atoms with Crippen molar-refractivity contribution >= 4 is 40.2 Å². The number of ether oxygens (including phenoxy) is 1. The van der Waals surface area contributed by atoms with E-state index in [1.807, 2.05) is 18.3 Å². The molecule has 5 rings (SSSR count). The van der Waals surface area contributed by atoms with Gasteiger partial charge in [0.1, 0.15) is 0 Å². The second kappa shape index (κ2) is 10.3. The van der Waals surface area contributed by atoms with Crippen LogP contribution in [0.2, 0.25) is 5.02 Å². The molecular formula is C28H36ClN5OS. The lowest BCUT2D eigenvalue weighted by atomic mass is 9.86. The minimum absolute atomic E-state index is 0.0390. The Morgan fingerprint density at radius 1 is 1.19 bits per heavy atom. The molecule has 0 unspecified atom stereocenters. The molecule has 0 bridgehead atoms. The predicted molar refractivity (Wildman–Crippen MR) is 152 cm³/mol. The first-order valence-electron chi connectivity index (χ1n) is 12.8. The minimum Gasteiger partial charge on any atom is -0.379 e. The molecule has 2 fully saturated rings. The van der Waals surface area contributed by atoms with Gasteiger partial charge >= 0.3 is 0 Å². The lowest BCUT2D eigenvalue weighted by Gasteiger charge is -2.41. The summed E-state index contributed by atoms with van der Waals surface area (Å²) in [6.45, 7) is 12.2. The number of nitrogens with one attached hydrogen (secondary N) is 1. The molecule has 0 amide bonds. The number of thiocarbonyl (C=S) groups is 1. The van der Waals surface area contributed by atoms with Crippen molar-refractivity contribution in [2.24, 2.45) is 0 Å². The zero-order chi connectivity index (χ0) is 25.4. The molecule has 2 aromatic rings. The summed E-state index contributed by atoms with van der Waals surface area (Å²) >= 11 is 13.0. The van der Waals surface area contributed by atoms with Crippen molar-refractivity contribution < 1.29 is 4.74 Å². The Labute approximate surface area is 225 Å². The Hall–Kier alpha value is -2.19. The molecule has 0 radical (unpaired) electrons. The Balaban J connectivity index is 1.50. The summed E-state index contributed by atoms with van der Waals surface area (Å²) in [6.07, 6.45) is 5.20. The smallest absolute Gasteiger partial charge is 0.170 e. The highest BCUT2D eigenvalue weighted by molar-refractivity contribution is 7.80. The number of anilines is 1. The van der Waals surface area contributed by atoms with Crippen LogP contribution < -0.4 is 10.2 Å². The molecule has 4 heterocycles. The number of nitrogens with zero attached hydrogens (tertiary/aromatic N) is 4. The largest absolute Gasteiger partial charge is 0.379 e. The molecule has 3 aliphatic heterocycles.